The van der Waals surface area contributed by atoms with Crippen LogP contribution in [0.5, 0.6) is 0 Å². The number of nitrogens with zero attached hydrogens (tertiary/aromatic N) is 2. The average molecular weight is 290 g/mol. The Kier molecular flexibility index (Phi) is 3.67. The minimum atomic E-state index is 0.122. The zero-order chi connectivity index (χ0) is 14.2. The molecule has 1 aliphatic heterocycles. The highest BCUT2D eigenvalue weighted by atomic mass is 32.1. The zero-order valence-corrected chi connectivity index (χ0v) is 12.9. The minimum absolute atomic E-state index is 0.122. The molecule has 1 saturated carbocycles. The second kappa shape index (κ2) is 5.32. The van der Waals surface area contributed by atoms with Crippen LogP contribution in [0, 0.1) is 5.41 Å². The molecule has 0 bridgehead atoms. The van der Waals surface area contributed by atoms with Gasteiger partial charge < -0.3 is 4.90 Å². The van der Waals surface area contributed by atoms with Crippen LogP contribution in [0.3, 0.4) is 0 Å². The zero-order valence-electron chi connectivity index (χ0n) is 12.0. The molecule has 3 nitrogen and oxygen atoms in total. The molecule has 4 heteroatoms. The topological polar surface area (TPSA) is 23.6 Å². The normalized spacial score (nSPS) is 21.2. The van der Waals surface area contributed by atoms with Crippen molar-refractivity contribution < 1.29 is 4.79 Å². The van der Waals surface area contributed by atoms with E-state index in [4.69, 9.17) is 0 Å². The molecule has 0 saturated heterocycles. The van der Waals surface area contributed by atoms with Crippen LogP contribution >= 0.6 is 12.6 Å². The number of para-hydroxylation sites is 1. The molecular weight excluding hydrogens is 268 g/mol. The number of thiol groups is 1. The van der Waals surface area contributed by atoms with Gasteiger partial charge in [0.25, 0.3) is 0 Å². The first-order valence-corrected chi connectivity index (χ1v) is 8.00. The van der Waals surface area contributed by atoms with Gasteiger partial charge in [0, 0.05) is 20.1 Å². The van der Waals surface area contributed by atoms with Crippen molar-refractivity contribution in [1.29, 1.82) is 0 Å². The van der Waals surface area contributed by atoms with Crippen molar-refractivity contribution in [1.82, 2.24) is 4.90 Å². The third-order valence-corrected chi connectivity index (χ3v) is 5.41. The molecule has 0 aromatic heterocycles. The fourth-order valence-electron chi connectivity index (χ4n) is 3.52. The van der Waals surface area contributed by atoms with E-state index in [0.29, 0.717) is 6.54 Å². The van der Waals surface area contributed by atoms with Crippen molar-refractivity contribution in [2.45, 2.75) is 32.2 Å². The molecule has 1 heterocycles. The highest BCUT2D eigenvalue weighted by Crippen LogP contribution is 2.41. The van der Waals surface area contributed by atoms with E-state index in [-0.39, 0.29) is 11.4 Å². The van der Waals surface area contributed by atoms with Gasteiger partial charge in [0.1, 0.15) is 0 Å². The third-order valence-electron chi connectivity index (χ3n) is 4.74. The number of benzene rings is 1. The van der Waals surface area contributed by atoms with Crippen LogP contribution in [0.15, 0.2) is 24.3 Å². The quantitative estimate of drug-likeness (QED) is 0.846. The van der Waals surface area contributed by atoms with E-state index in [1.807, 2.05) is 29.0 Å². The number of rotatable bonds is 3. The lowest BCUT2D eigenvalue weighted by Crippen LogP contribution is -2.49. The van der Waals surface area contributed by atoms with Gasteiger partial charge in [-0.05, 0) is 35.6 Å². The summed E-state index contributed by atoms with van der Waals surface area (Å²) in [6.45, 7) is 1.51. The lowest BCUT2D eigenvalue weighted by molar-refractivity contribution is 0.205. The van der Waals surface area contributed by atoms with Crippen molar-refractivity contribution in [3.8, 4) is 0 Å². The highest BCUT2D eigenvalue weighted by Gasteiger charge is 2.38. The van der Waals surface area contributed by atoms with E-state index >= 15 is 0 Å². The van der Waals surface area contributed by atoms with Crippen molar-refractivity contribution in [2.75, 3.05) is 24.2 Å². The molecule has 2 aliphatic rings. The Hall–Kier alpha value is -1.16. The Morgan fingerprint density at radius 2 is 1.95 bits per heavy atom. The van der Waals surface area contributed by atoms with Crippen molar-refractivity contribution in [3.05, 3.63) is 29.8 Å². The van der Waals surface area contributed by atoms with Crippen molar-refractivity contribution in [2.24, 2.45) is 5.41 Å². The first kappa shape index (κ1) is 13.8. The van der Waals surface area contributed by atoms with Gasteiger partial charge in [-0.2, -0.15) is 12.6 Å². The Balaban J connectivity index is 1.93. The monoisotopic (exact) mass is 290 g/mol. The summed E-state index contributed by atoms with van der Waals surface area (Å²) in [4.78, 5) is 16.3. The molecule has 2 amide bonds. The molecule has 0 spiro atoms. The molecule has 3 rings (SSSR count). The van der Waals surface area contributed by atoms with Gasteiger partial charge in [-0.25, -0.2) is 4.79 Å². The van der Waals surface area contributed by atoms with Crippen LogP contribution in [-0.2, 0) is 6.54 Å². The summed E-state index contributed by atoms with van der Waals surface area (Å²) in [5, 5.41) is 0. The lowest BCUT2D eigenvalue weighted by atomic mass is 9.87. The van der Waals surface area contributed by atoms with Crippen molar-refractivity contribution >= 4 is 24.3 Å². The molecule has 1 aliphatic carbocycles. The second-order valence-corrected chi connectivity index (χ2v) is 6.53. The Bertz CT molecular complexity index is 511. The second-order valence-electron chi connectivity index (χ2n) is 6.22. The number of hydrogen-bond donors (Lipinski definition) is 1. The molecule has 108 valence electrons. The number of urea groups is 1. The van der Waals surface area contributed by atoms with Crippen molar-refractivity contribution in [3.63, 3.8) is 0 Å². The number of fused-ring (bicyclic) bond motifs is 1. The SMILES string of the molecule is CN1Cc2ccccc2N(CC2(CS)CCCC2)C1=O. The van der Waals surface area contributed by atoms with Gasteiger partial charge in [-0.1, -0.05) is 31.0 Å². The number of carbonyl (C=O) groups excluding carboxylic acids is 1. The first-order valence-electron chi connectivity index (χ1n) is 7.37. The summed E-state index contributed by atoms with van der Waals surface area (Å²) < 4.78 is 0. The maximum Gasteiger partial charge on any atom is 0.324 e. The maximum atomic E-state index is 12.6. The van der Waals surface area contributed by atoms with Crippen LogP contribution in [0.2, 0.25) is 0 Å². The highest BCUT2D eigenvalue weighted by molar-refractivity contribution is 7.80. The third kappa shape index (κ3) is 2.30. The number of amides is 2. The summed E-state index contributed by atoms with van der Waals surface area (Å²) in [5.74, 6) is 0.864. The molecule has 0 radical (unpaired) electrons. The van der Waals surface area contributed by atoms with E-state index in [2.05, 4.69) is 24.8 Å². The number of anilines is 1. The molecule has 0 N–H and O–H groups in total. The number of hydrogen-bond acceptors (Lipinski definition) is 2. The Morgan fingerprint density at radius 3 is 2.65 bits per heavy atom. The van der Waals surface area contributed by atoms with Gasteiger partial charge in [0.15, 0.2) is 0 Å². The van der Waals surface area contributed by atoms with E-state index < -0.39 is 0 Å². The predicted octanol–water partition coefficient (Wildman–Crippen LogP) is 3.55. The van der Waals surface area contributed by atoms with E-state index in [9.17, 15) is 4.79 Å². The van der Waals surface area contributed by atoms with Gasteiger partial charge >= 0.3 is 6.03 Å². The summed E-state index contributed by atoms with van der Waals surface area (Å²) in [6, 6.07) is 8.38. The van der Waals surface area contributed by atoms with Crippen LogP contribution in [0.1, 0.15) is 31.2 Å². The van der Waals surface area contributed by atoms with Gasteiger partial charge in [0.05, 0.1) is 5.69 Å². The summed E-state index contributed by atoms with van der Waals surface area (Å²) in [5.41, 5.74) is 2.52. The van der Waals surface area contributed by atoms with E-state index in [0.717, 1.165) is 18.0 Å². The molecule has 1 aromatic carbocycles. The maximum absolute atomic E-state index is 12.6. The molecule has 1 fully saturated rings. The predicted molar refractivity (Wildman–Crippen MR) is 85.4 cm³/mol. The average Bonchev–Trinajstić information content (AvgIpc) is 2.93. The van der Waals surface area contributed by atoms with Gasteiger partial charge in [0.2, 0.25) is 0 Å². The fourth-order valence-corrected chi connectivity index (χ4v) is 3.94. The van der Waals surface area contributed by atoms with Crippen LogP contribution in [0.4, 0.5) is 10.5 Å². The van der Waals surface area contributed by atoms with E-state index in [1.165, 1.54) is 31.2 Å². The standard InChI is InChI=1S/C16H22N2OS/c1-17-10-13-6-2-3-7-14(13)18(15(17)19)11-16(12-20)8-4-5-9-16/h2-3,6-7,20H,4-5,8-12H2,1H3. The Morgan fingerprint density at radius 1 is 1.25 bits per heavy atom. The first-order chi connectivity index (χ1) is 9.65. The smallest absolute Gasteiger partial charge is 0.323 e. The lowest BCUT2D eigenvalue weighted by Gasteiger charge is -2.40. The molecule has 0 unspecified atom stereocenters. The fraction of sp³-hybridized carbons (Fsp3) is 0.562. The van der Waals surface area contributed by atoms with Crippen LogP contribution in [-0.4, -0.2) is 30.3 Å². The summed E-state index contributed by atoms with van der Waals surface area (Å²) >= 11 is 4.57. The number of carbonyl (C=O) groups is 1. The van der Waals surface area contributed by atoms with Crippen LogP contribution in [0.25, 0.3) is 0 Å². The van der Waals surface area contributed by atoms with Gasteiger partial charge in [-0.3, -0.25) is 4.90 Å². The minimum Gasteiger partial charge on any atom is -0.323 e. The Labute approximate surface area is 126 Å². The van der Waals surface area contributed by atoms with Crippen LogP contribution < -0.4 is 4.90 Å². The molecule has 20 heavy (non-hydrogen) atoms. The largest absolute Gasteiger partial charge is 0.324 e. The van der Waals surface area contributed by atoms with E-state index in [1.54, 1.807) is 0 Å². The summed E-state index contributed by atoms with van der Waals surface area (Å²) in [6.07, 6.45) is 4.90. The van der Waals surface area contributed by atoms with Gasteiger partial charge in [-0.15, -0.1) is 0 Å². The molecular formula is C16H22N2OS. The molecule has 0 atom stereocenters. The summed E-state index contributed by atoms with van der Waals surface area (Å²) in [7, 11) is 1.88. The molecule has 1 aromatic rings.